The molecule has 7 rings (SSSR count). The van der Waals surface area contributed by atoms with Crippen LogP contribution in [-0.4, -0.2) is 4.98 Å². The Hall–Kier alpha value is -3.58. The molecule has 1 aromatic heterocycles. The topological polar surface area (TPSA) is 15.8 Å². The van der Waals surface area contributed by atoms with E-state index in [1.54, 1.807) is 0 Å². The van der Waals surface area contributed by atoms with Crippen LogP contribution >= 0.6 is 0 Å². The molecule has 1 heterocycles. The molecule has 0 radical (unpaired) electrons. The third-order valence-electron chi connectivity index (χ3n) is 7.15. The number of rotatable bonds is 0. The summed E-state index contributed by atoms with van der Waals surface area (Å²) in [5.74, 6) is 0. The minimum atomic E-state index is -0.0547. The van der Waals surface area contributed by atoms with Crippen molar-refractivity contribution in [2.75, 3.05) is 0 Å². The number of aromatic nitrogens is 1. The minimum Gasteiger partial charge on any atom is -0.354 e. The lowest BCUT2D eigenvalue weighted by atomic mass is 9.79. The van der Waals surface area contributed by atoms with E-state index < -0.39 is 0 Å². The number of fused-ring (bicyclic) bond motifs is 12. The van der Waals surface area contributed by atoms with Gasteiger partial charge in [-0.1, -0.05) is 86.6 Å². The lowest BCUT2D eigenvalue weighted by Crippen LogP contribution is -2.15. The molecular formula is C29H21N. The maximum Gasteiger partial charge on any atom is 0.0471 e. The highest BCUT2D eigenvalue weighted by Gasteiger charge is 2.39. The molecule has 0 spiro atoms. The van der Waals surface area contributed by atoms with Gasteiger partial charge in [0.25, 0.3) is 0 Å². The molecule has 30 heavy (non-hydrogen) atoms. The fraction of sp³-hybridized carbons (Fsp3) is 0.103. The first-order valence-electron chi connectivity index (χ1n) is 10.6. The van der Waals surface area contributed by atoms with E-state index in [1.165, 1.54) is 65.6 Å². The summed E-state index contributed by atoms with van der Waals surface area (Å²) < 4.78 is 0. The van der Waals surface area contributed by atoms with Crippen LogP contribution in [0.15, 0.2) is 84.9 Å². The van der Waals surface area contributed by atoms with E-state index in [1.807, 2.05) is 0 Å². The van der Waals surface area contributed by atoms with Crippen molar-refractivity contribution < 1.29 is 0 Å². The predicted octanol–water partition coefficient (Wildman–Crippen LogP) is 7.93. The van der Waals surface area contributed by atoms with Crippen molar-refractivity contribution in [1.29, 1.82) is 0 Å². The highest BCUT2D eigenvalue weighted by molar-refractivity contribution is 6.24. The van der Waals surface area contributed by atoms with Gasteiger partial charge in [0.1, 0.15) is 0 Å². The van der Waals surface area contributed by atoms with E-state index in [4.69, 9.17) is 0 Å². The number of nitrogens with one attached hydrogen (secondary N) is 1. The van der Waals surface area contributed by atoms with Crippen LogP contribution in [0.3, 0.4) is 0 Å². The highest BCUT2D eigenvalue weighted by atomic mass is 14.7. The van der Waals surface area contributed by atoms with Crippen molar-refractivity contribution in [1.82, 2.24) is 4.98 Å². The molecule has 1 aliphatic rings. The second kappa shape index (κ2) is 5.31. The molecule has 1 nitrogen and oxygen atoms in total. The Balaban J connectivity index is 1.82. The van der Waals surface area contributed by atoms with Crippen LogP contribution in [0.4, 0.5) is 0 Å². The standard InChI is InChI=1S/C29H21N/c1-29(2)22-15-16-24-25(21-13-7-8-14-23(21)30-24)27(22)26-19-11-5-3-9-17(19)18-10-4-6-12-20(18)28(26)29/h3-16,30H,1-2H3. The van der Waals surface area contributed by atoms with Gasteiger partial charge in [0.15, 0.2) is 0 Å². The summed E-state index contributed by atoms with van der Waals surface area (Å²) in [6, 6.07) is 31.1. The first kappa shape index (κ1) is 16.2. The molecule has 142 valence electrons. The molecule has 1 N–H and O–H groups in total. The van der Waals surface area contributed by atoms with Gasteiger partial charge in [-0.25, -0.2) is 0 Å². The minimum absolute atomic E-state index is 0.0547. The summed E-state index contributed by atoms with van der Waals surface area (Å²) in [6.07, 6.45) is 0. The lowest BCUT2D eigenvalue weighted by molar-refractivity contribution is 0.667. The fourth-order valence-electron chi connectivity index (χ4n) is 5.91. The van der Waals surface area contributed by atoms with Gasteiger partial charge < -0.3 is 4.98 Å². The Morgan fingerprint density at radius 2 is 1.13 bits per heavy atom. The Kier molecular flexibility index (Phi) is 2.88. The van der Waals surface area contributed by atoms with Crippen LogP contribution in [0.25, 0.3) is 54.5 Å². The van der Waals surface area contributed by atoms with Crippen molar-refractivity contribution in [2.24, 2.45) is 0 Å². The van der Waals surface area contributed by atoms with Gasteiger partial charge in [-0.3, -0.25) is 0 Å². The number of hydrogen-bond acceptors (Lipinski definition) is 0. The van der Waals surface area contributed by atoms with Gasteiger partial charge in [-0.05, 0) is 55.9 Å². The molecule has 0 fully saturated rings. The van der Waals surface area contributed by atoms with Gasteiger partial charge in [-0.2, -0.15) is 0 Å². The van der Waals surface area contributed by atoms with E-state index in [0.29, 0.717) is 0 Å². The smallest absolute Gasteiger partial charge is 0.0471 e. The van der Waals surface area contributed by atoms with Crippen molar-refractivity contribution >= 4 is 43.4 Å². The third-order valence-corrected chi connectivity index (χ3v) is 7.15. The van der Waals surface area contributed by atoms with Crippen molar-refractivity contribution in [2.45, 2.75) is 19.3 Å². The van der Waals surface area contributed by atoms with E-state index in [0.717, 1.165) is 0 Å². The zero-order valence-electron chi connectivity index (χ0n) is 17.1. The Labute approximate surface area is 175 Å². The van der Waals surface area contributed by atoms with E-state index >= 15 is 0 Å². The molecule has 0 amide bonds. The summed E-state index contributed by atoms with van der Waals surface area (Å²) in [4.78, 5) is 3.65. The first-order chi connectivity index (χ1) is 14.7. The molecular weight excluding hydrogens is 362 g/mol. The van der Waals surface area contributed by atoms with Crippen molar-refractivity contribution in [3.8, 4) is 11.1 Å². The average molecular weight is 383 g/mol. The van der Waals surface area contributed by atoms with E-state index in [2.05, 4.69) is 104 Å². The molecule has 6 aromatic rings. The molecule has 0 saturated heterocycles. The van der Waals surface area contributed by atoms with Gasteiger partial charge >= 0.3 is 0 Å². The summed E-state index contributed by atoms with van der Waals surface area (Å²) in [7, 11) is 0. The highest BCUT2D eigenvalue weighted by Crippen LogP contribution is 2.57. The number of benzene rings is 5. The summed E-state index contributed by atoms with van der Waals surface area (Å²) in [5, 5.41) is 8.09. The predicted molar refractivity (Wildman–Crippen MR) is 128 cm³/mol. The second-order valence-electron chi connectivity index (χ2n) is 9.05. The van der Waals surface area contributed by atoms with Crippen LogP contribution in [0.2, 0.25) is 0 Å². The molecule has 0 aliphatic heterocycles. The van der Waals surface area contributed by atoms with Crippen LogP contribution in [0, 0.1) is 0 Å². The first-order valence-corrected chi connectivity index (χ1v) is 10.6. The molecule has 0 saturated carbocycles. The van der Waals surface area contributed by atoms with Crippen molar-refractivity contribution in [3.05, 3.63) is 96.1 Å². The van der Waals surface area contributed by atoms with E-state index in [9.17, 15) is 0 Å². The van der Waals surface area contributed by atoms with E-state index in [-0.39, 0.29) is 5.41 Å². The number of H-pyrrole nitrogens is 1. The molecule has 1 heteroatoms. The third kappa shape index (κ3) is 1.79. The zero-order chi connectivity index (χ0) is 20.0. The molecule has 0 bridgehead atoms. The monoisotopic (exact) mass is 383 g/mol. The fourth-order valence-corrected chi connectivity index (χ4v) is 5.91. The number of aromatic amines is 1. The van der Waals surface area contributed by atoms with Crippen LogP contribution in [0.5, 0.6) is 0 Å². The quantitative estimate of drug-likeness (QED) is 0.256. The summed E-state index contributed by atoms with van der Waals surface area (Å²) >= 11 is 0. The number of para-hydroxylation sites is 1. The van der Waals surface area contributed by atoms with Crippen LogP contribution in [0.1, 0.15) is 25.0 Å². The van der Waals surface area contributed by atoms with Gasteiger partial charge in [0.05, 0.1) is 0 Å². The molecule has 0 atom stereocenters. The Morgan fingerprint density at radius 1 is 0.533 bits per heavy atom. The van der Waals surface area contributed by atoms with Gasteiger partial charge in [0.2, 0.25) is 0 Å². The maximum atomic E-state index is 3.65. The van der Waals surface area contributed by atoms with Crippen molar-refractivity contribution in [3.63, 3.8) is 0 Å². The number of hydrogen-bond donors (Lipinski definition) is 1. The second-order valence-corrected chi connectivity index (χ2v) is 9.05. The molecule has 1 aliphatic carbocycles. The molecule has 5 aromatic carbocycles. The normalized spacial score (nSPS) is 14.6. The van der Waals surface area contributed by atoms with Crippen LogP contribution in [-0.2, 0) is 5.41 Å². The Bertz CT molecular complexity index is 1660. The Morgan fingerprint density at radius 3 is 1.90 bits per heavy atom. The maximum absolute atomic E-state index is 3.65. The molecule has 0 unspecified atom stereocenters. The summed E-state index contributed by atoms with van der Waals surface area (Å²) in [6.45, 7) is 4.78. The summed E-state index contributed by atoms with van der Waals surface area (Å²) in [5.41, 5.74) is 8.08. The zero-order valence-corrected chi connectivity index (χ0v) is 17.1. The lowest BCUT2D eigenvalue weighted by Gasteiger charge is -2.24. The van der Waals surface area contributed by atoms with Gasteiger partial charge in [-0.15, -0.1) is 0 Å². The largest absolute Gasteiger partial charge is 0.354 e. The van der Waals surface area contributed by atoms with Gasteiger partial charge in [0, 0.05) is 27.2 Å². The van der Waals surface area contributed by atoms with Crippen LogP contribution < -0.4 is 0 Å². The SMILES string of the molecule is CC1(C)c2ccc3[nH]c4ccccc4c3c2-c2c1c1ccccc1c1ccccc21. The average Bonchev–Trinajstić information content (AvgIpc) is 3.27.